The second kappa shape index (κ2) is 6.29. The van der Waals surface area contributed by atoms with Gasteiger partial charge in [0, 0.05) is 12.6 Å². The second-order valence-corrected chi connectivity index (χ2v) is 3.69. The lowest BCUT2D eigenvalue weighted by atomic mass is 10.1. The van der Waals surface area contributed by atoms with Crippen molar-refractivity contribution in [3.63, 3.8) is 0 Å². The summed E-state index contributed by atoms with van der Waals surface area (Å²) in [5.74, 6) is 6.32. The average molecular weight is 245 g/mol. The second-order valence-electron chi connectivity index (χ2n) is 3.69. The molecule has 0 aromatic carbocycles. The van der Waals surface area contributed by atoms with Crippen molar-refractivity contribution in [1.82, 2.24) is 9.97 Å². The van der Waals surface area contributed by atoms with Crippen molar-refractivity contribution < 1.29 is 8.78 Å². The van der Waals surface area contributed by atoms with Crippen LogP contribution in [0.15, 0.2) is 6.33 Å². The van der Waals surface area contributed by atoms with Crippen molar-refractivity contribution >= 4 is 11.6 Å². The number of alkyl halides is 2. The average Bonchev–Trinajstić information content (AvgIpc) is 2.28. The molecule has 0 aliphatic heterocycles. The molecule has 0 atom stereocenters. The zero-order chi connectivity index (χ0) is 12.8. The van der Waals surface area contributed by atoms with Gasteiger partial charge in [-0.05, 0) is 6.42 Å². The SMILES string of the molecule is CCCc1c(NN)ncnc1N(C)CC(F)F. The van der Waals surface area contributed by atoms with E-state index in [1.54, 1.807) is 7.05 Å². The number of aromatic nitrogens is 2. The van der Waals surface area contributed by atoms with Gasteiger partial charge < -0.3 is 10.3 Å². The smallest absolute Gasteiger partial charge is 0.255 e. The number of nitrogens with two attached hydrogens (primary N) is 1. The van der Waals surface area contributed by atoms with Crippen molar-refractivity contribution in [2.24, 2.45) is 5.84 Å². The Bertz CT molecular complexity index is 359. The number of hydrazine groups is 1. The highest BCUT2D eigenvalue weighted by atomic mass is 19.3. The van der Waals surface area contributed by atoms with Gasteiger partial charge in [0.2, 0.25) is 0 Å². The van der Waals surface area contributed by atoms with Gasteiger partial charge in [-0.15, -0.1) is 0 Å². The number of nitrogen functional groups attached to an aromatic ring is 1. The molecule has 0 amide bonds. The predicted molar refractivity (Wildman–Crippen MR) is 63.1 cm³/mol. The number of halogens is 2. The van der Waals surface area contributed by atoms with Gasteiger partial charge in [-0.25, -0.2) is 24.6 Å². The Balaban J connectivity index is 3.04. The Hall–Kier alpha value is -1.50. The van der Waals surface area contributed by atoms with E-state index < -0.39 is 6.43 Å². The summed E-state index contributed by atoms with van der Waals surface area (Å²) in [5.41, 5.74) is 3.23. The highest BCUT2D eigenvalue weighted by Gasteiger charge is 2.16. The highest BCUT2D eigenvalue weighted by molar-refractivity contribution is 5.58. The molecule has 0 aliphatic carbocycles. The van der Waals surface area contributed by atoms with E-state index in [1.807, 2.05) is 6.92 Å². The van der Waals surface area contributed by atoms with Crippen molar-refractivity contribution in [2.45, 2.75) is 26.2 Å². The summed E-state index contributed by atoms with van der Waals surface area (Å²) in [5, 5.41) is 0. The topological polar surface area (TPSA) is 67.1 Å². The summed E-state index contributed by atoms with van der Waals surface area (Å²) < 4.78 is 24.7. The molecule has 0 fully saturated rings. The molecular weight excluding hydrogens is 228 g/mol. The number of nitrogens with one attached hydrogen (secondary N) is 1. The van der Waals surface area contributed by atoms with Crippen molar-refractivity contribution in [3.05, 3.63) is 11.9 Å². The fourth-order valence-electron chi connectivity index (χ4n) is 1.63. The molecule has 0 saturated heterocycles. The third-order valence-corrected chi connectivity index (χ3v) is 2.33. The first kappa shape index (κ1) is 13.6. The van der Waals surface area contributed by atoms with Crippen LogP contribution in [0.4, 0.5) is 20.4 Å². The summed E-state index contributed by atoms with van der Waals surface area (Å²) in [4.78, 5) is 9.44. The molecule has 0 bridgehead atoms. The minimum absolute atomic E-state index is 0.363. The van der Waals surface area contributed by atoms with E-state index in [1.165, 1.54) is 11.2 Å². The van der Waals surface area contributed by atoms with Crippen molar-refractivity contribution in [1.29, 1.82) is 0 Å². The summed E-state index contributed by atoms with van der Waals surface area (Å²) >= 11 is 0. The molecule has 5 nitrogen and oxygen atoms in total. The zero-order valence-electron chi connectivity index (χ0n) is 9.95. The van der Waals surface area contributed by atoms with E-state index in [2.05, 4.69) is 15.4 Å². The van der Waals surface area contributed by atoms with E-state index in [9.17, 15) is 8.78 Å². The summed E-state index contributed by atoms with van der Waals surface area (Å²) in [7, 11) is 1.58. The number of rotatable bonds is 6. The van der Waals surface area contributed by atoms with E-state index in [0.717, 1.165) is 12.0 Å². The van der Waals surface area contributed by atoms with Crippen LogP contribution in [0, 0.1) is 0 Å². The summed E-state index contributed by atoms with van der Waals surface area (Å²) in [6.07, 6.45) is 0.450. The molecule has 0 aliphatic rings. The number of anilines is 2. The summed E-state index contributed by atoms with van der Waals surface area (Å²) in [6.45, 7) is 1.63. The van der Waals surface area contributed by atoms with Crippen LogP contribution >= 0.6 is 0 Å². The molecule has 1 rings (SSSR count). The Morgan fingerprint density at radius 1 is 1.47 bits per heavy atom. The van der Waals surface area contributed by atoms with Crippen LogP contribution in [0.2, 0.25) is 0 Å². The van der Waals surface area contributed by atoms with Gasteiger partial charge in [0.15, 0.2) is 0 Å². The lowest BCUT2D eigenvalue weighted by molar-refractivity contribution is 0.156. The molecule has 0 spiro atoms. The first-order valence-corrected chi connectivity index (χ1v) is 5.39. The fraction of sp³-hybridized carbons (Fsp3) is 0.600. The normalized spacial score (nSPS) is 10.7. The van der Waals surface area contributed by atoms with Crippen LogP contribution in [-0.2, 0) is 6.42 Å². The maximum absolute atomic E-state index is 12.3. The molecule has 17 heavy (non-hydrogen) atoms. The van der Waals surface area contributed by atoms with Crippen LogP contribution in [0.25, 0.3) is 0 Å². The standard InChI is InChI=1S/C10H17F2N5/c1-3-4-7-9(16-13)14-6-15-10(7)17(2)5-8(11)12/h6,8H,3-5,13H2,1-2H3,(H,14,15,16). The monoisotopic (exact) mass is 245 g/mol. The quantitative estimate of drug-likeness (QED) is 0.586. The van der Waals surface area contributed by atoms with Gasteiger partial charge >= 0.3 is 0 Å². The van der Waals surface area contributed by atoms with Gasteiger partial charge in [-0.1, -0.05) is 13.3 Å². The Morgan fingerprint density at radius 3 is 2.71 bits per heavy atom. The molecule has 0 radical (unpaired) electrons. The van der Waals surface area contributed by atoms with E-state index in [0.29, 0.717) is 18.1 Å². The maximum atomic E-state index is 12.3. The minimum Gasteiger partial charge on any atom is -0.354 e. The molecule has 1 aromatic heterocycles. The fourth-order valence-corrected chi connectivity index (χ4v) is 1.63. The van der Waals surface area contributed by atoms with Crippen molar-refractivity contribution in [3.8, 4) is 0 Å². The Labute approximate surface area is 99.0 Å². The molecular formula is C10H17F2N5. The highest BCUT2D eigenvalue weighted by Crippen LogP contribution is 2.23. The molecule has 3 N–H and O–H groups in total. The summed E-state index contributed by atoms with van der Waals surface area (Å²) in [6, 6.07) is 0. The number of hydrogen-bond acceptors (Lipinski definition) is 5. The lowest BCUT2D eigenvalue weighted by Crippen LogP contribution is -2.27. The Morgan fingerprint density at radius 2 is 2.18 bits per heavy atom. The molecule has 1 heterocycles. The minimum atomic E-state index is -2.40. The third kappa shape index (κ3) is 3.48. The van der Waals surface area contributed by atoms with Gasteiger partial charge in [0.05, 0.1) is 6.54 Å². The van der Waals surface area contributed by atoms with Gasteiger partial charge in [0.1, 0.15) is 18.0 Å². The van der Waals surface area contributed by atoms with Gasteiger partial charge in [-0.3, -0.25) is 0 Å². The van der Waals surface area contributed by atoms with E-state index in [-0.39, 0.29) is 6.54 Å². The van der Waals surface area contributed by atoms with Crippen LogP contribution in [0.5, 0.6) is 0 Å². The predicted octanol–water partition coefficient (Wildman–Crippen LogP) is 1.42. The number of nitrogens with zero attached hydrogens (tertiary/aromatic N) is 3. The molecule has 1 aromatic rings. The van der Waals surface area contributed by atoms with Crippen LogP contribution in [-0.4, -0.2) is 30.0 Å². The third-order valence-electron chi connectivity index (χ3n) is 2.33. The number of hydrogen-bond donors (Lipinski definition) is 2. The molecule has 7 heteroatoms. The van der Waals surface area contributed by atoms with Crippen LogP contribution in [0.1, 0.15) is 18.9 Å². The van der Waals surface area contributed by atoms with Crippen LogP contribution in [0.3, 0.4) is 0 Å². The molecule has 0 saturated carbocycles. The first-order chi connectivity index (χ1) is 8.10. The van der Waals surface area contributed by atoms with Crippen LogP contribution < -0.4 is 16.2 Å². The van der Waals surface area contributed by atoms with E-state index >= 15 is 0 Å². The first-order valence-electron chi connectivity index (χ1n) is 5.39. The molecule has 96 valence electrons. The molecule has 0 unspecified atom stereocenters. The zero-order valence-corrected chi connectivity index (χ0v) is 9.95. The lowest BCUT2D eigenvalue weighted by Gasteiger charge is -2.21. The largest absolute Gasteiger partial charge is 0.354 e. The van der Waals surface area contributed by atoms with Crippen molar-refractivity contribution in [2.75, 3.05) is 23.9 Å². The van der Waals surface area contributed by atoms with Gasteiger partial charge in [-0.2, -0.15) is 0 Å². The maximum Gasteiger partial charge on any atom is 0.255 e. The Kier molecular flexibility index (Phi) is 5.02. The van der Waals surface area contributed by atoms with Gasteiger partial charge in [0.25, 0.3) is 6.43 Å². The van der Waals surface area contributed by atoms with E-state index in [4.69, 9.17) is 5.84 Å².